The van der Waals surface area contributed by atoms with Crippen molar-refractivity contribution in [1.29, 1.82) is 0 Å². The van der Waals surface area contributed by atoms with Crippen molar-refractivity contribution in [2.24, 2.45) is 11.5 Å². The molecule has 4 nitrogen and oxygen atoms in total. The van der Waals surface area contributed by atoms with E-state index in [2.05, 4.69) is 9.97 Å². The Hall–Kier alpha value is -1.56. The zero-order valence-electron chi connectivity index (χ0n) is 12.1. The minimum atomic E-state index is -0.543. The molecule has 2 aromatic rings. The van der Waals surface area contributed by atoms with Gasteiger partial charge >= 0.3 is 0 Å². The molecule has 0 unspecified atom stereocenters. The lowest BCUT2D eigenvalue weighted by Gasteiger charge is -2.35. The first-order chi connectivity index (χ1) is 10.5. The molecule has 0 aromatic carbocycles. The van der Waals surface area contributed by atoms with E-state index in [4.69, 9.17) is 23.1 Å². The summed E-state index contributed by atoms with van der Waals surface area (Å²) in [4.78, 5) is 8.27. The fraction of sp³-hybridized carbons (Fsp3) is 0.375. The van der Waals surface area contributed by atoms with Crippen molar-refractivity contribution >= 4 is 11.6 Å². The van der Waals surface area contributed by atoms with E-state index in [9.17, 15) is 4.39 Å². The summed E-state index contributed by atoms with van der Waals surface area (Å²) in [5.41, 5.74) is 13.8. The van der Waals surface area contributed by atoms with Gasteiger partial charge in [0.25, 0.3) is 0 Å². The minimum Gasteiger partial charge on any atom is -0.328 e. The molecule has 0 bridgehead atoms. The lowest BCUT2D eigenvalue weighted by Crippen LogP contribution is -2.44. The zero-order chi connectivity index (χ0) is 15.7. The average molecular weight is 321 g/mol. The van der Waals surface area contributed by atoms with E-state index in [0.717, 1.165) is 31.4 Å². The van der Waals surface area contributed by atoms with E-state index in [1.54, 1.807) is 18.3 Å². The van der Waals surface area contributed by atoms with Gasteiger partial charge in [-0.3, -0.25) is 4.98 Å². The van der Waals surface area contributed by atoms with Crippen LogP contribution in [0.1, 0.15) is 31.4 Å². The Morgan fingerprint density at radius 2 is 2.00 bits per heavy atom. The highest BCUT2D eigenvalue weighted by Gasteiger charge is 2.33. The van der Waals surface area contributed by atoms with Crippen molar-refractivity contribution in [2.75, 3.05) is 0 Å². The van der Waals surface area contributed by atoms with E-state index in [-0.39, 0.29) is 6.04 Å². The molecule has 1 aliphatic carbocycles. The molecule has 0 saturated heterocycles. The summed E-state index contributed by atoms with van der Waals surface area (Å²) in [6, 6.07) is 6.64. The van der Waals surface area contributed by atoms with E-state index in [1.165, 1.54) is 6.07 Å². The zero-order valence-corrected chi connectivity index (χ0v) is 12.9. The Labute approximate surface area is 133 Å². The highest BCUT2D eigenvalue weighted by molar-refractivity contribution is 6.33. The monoisotopic (exact) mass is 320 g/mol. The molecule has 6 heteroatoms. The molecule has 4 N–H and O–H groups in total. The summed E-state index contributed by atoms with van der Waals surface area (Å²) in [6.07, 6.45) is 4.85. The quantitative estimate of drug-likeness (QED) is 0.834. The van der Waals surface area contributed by atoms with E-state index in [0.29, 0.717) is 16.3 Å². The van der Waals surface area contributed by atoms with Crippen molar-refractivity contribution in [3.8, 4) is 11.3 Å². The van der Waals surface area contributed by atoms with Gasteiger partial charge in [0, 0.05) is 17.8 Å². The van der Waals surface area contributed by atoms with Gasteiger partial charge in [-0.25, -0.2) is 4.98 Å². The number of hydrogen-bond donors (Lipinski definition) is 2. The second-order valence-corrected chi connectivity index (χ2v) is 6.30. The van der Waals surface area contributed by atoms with Gasteiger partial charge in [-0.15, -0.1) is 0 Å². The summed E-state index contributed by atoms with van der Waals surface area (Å²) >= 11 is 6.20. The standard InChI is InChI=1S/C16H18ClFN4/c17-12-9-21-14(16(20)6-4-10(19)5-7-16)8-11(12)13-2-1-3-15(18)22-13/h1-3,8-10H,4-7,19-20H2. The molecule has 2 heterocycles. The third kappa shape index (κ3) is 2.97. The second kappa shape index (κ2) is 5.91. The third-order valence-electron chi connectivity index (χ3n) is 4.28. The molecule has 1 aliphatic rings. The molecule has 116 valence electrons. The summed E-state index contributed by atoms with van der Waals surface area (Å²) < 4.78 is 13.3. The van der Waals surface area contributed by atoms with Gasteiger partial charge in [0.2, 0.25) is 5.95 Å². The Morgan fingerprint density at radius 1 is 1.27 bits per heavy atom. The van der Waals surface area contributed by atoms with Gasteiger partial charge < -0.3 is 11.5 Å². The second-order valence-electron chi connectivity index (χ2n) is 5.89. The van der Waals surface area contributed by atoms with Crippen LogP contribution in [0.25, 0.3) is 11.3 Å². The van der Waals surface area contributed by atoms with Gasteiger partial charge in [0.05, 0.1) is 21.9 Å². The normalized spacial score (nSPS) is 25.2. The largest absolute Gasteiger partial charge is 0.328 e. The first-order valence-corrected chi connectivity index (χ1v) is 7.69. The molecule has 0 spiro atoms. The van der Waals surface area contributed by atoms with Gasteiger partial charge in [0.1, 0.15) is 0 Å². The Balaban J connectivity index is 2.00. The maximum absolute atomic E-state index is 13.3. The minimum absolute atomic E-state index is 0.202. The van der Waals surface area contributed by atoms with Gasteiger partial charge in [0.15, 0.2) is 0 Å². The number of nitrogens with two attached hydrogens (primary N) is 2. The SMILES string of the molecule is NC1CCC(N)(c2cc(-c3cccc(F)n3)c(Cl)cn2)CC1. The molecule has 1 saturated carbocycles. The number of rotatable bonds is 2. The summed E-state index contributed by atoms with van der Waals surface area (Å²) in [5, 5.41) is 0.429. The number of nitrogens with zero attached hydrogens (tertiary/aromatic N) is 2. The van der Waals surface area contributed by atoms with Gasteiger partial charge in [-0.1, -0.05) is 17.7 Å². The lowest BCUT2D eigenvalue weighted by atomic mass is 9.78. The molecule has 0 aliphatic heterocycles. The van der Waals surface area contributed by atoms with E-state index < -0.39 is 11.5 Å². The highest BCUT2D eigenvalue weighted by atomic mass is 35.5. The van der Waals surface area contributed by atoms with E-state index >= 15 is 0 Å². The molecular formula is C16H18ClFN4. The topological polar surface area (TPSA) is 77.8 Å². The first kappa shape index (κ1) is 15.3. The fourth-order valence-corrected chi connectivity index (χ4v) is 3.08. The third-order valence-corrected chi connectivity index (χ3v) is 4.58. The molecule has 2 aromatic heterocycles. The fourth-order valence-electron chi connectivity index (χ4n) is 2.88. The number of hydrogen-bond acceptors (Lipinski definition) is 4. The molecule has 0 radical (unpaired) electrons. The molecule has 0 atom stereocenters. The summed E-state index contributed by atoms with van der Waals surface area (Å²) in [6.45, 7) is 0. The van der Waals surface area contributed by atoms with Gasteiger partial charge in [-0.2, -0.15) is 4.39 Å². The Bertz CT molecular complexity index is 684. The van der Waals surface area contributed by atoms with Crippen LogP contribution in [0.2, 0.25) is 5.02 Å². The van der Waals surface area contributed by atoms with Crippen LogP contribution in [-0.2, 0) is 5.54 Å². The van der Waals surface area contributed by atoms with Crippen molar-refractivity contribution in [1.82, 2.24) is 9.97 Å². The van der Waals surface area contributed by atoms with Crippen molar-refractivity contribution < 1.29 is 4.39 Å². The average Bonchev–Trinajstić information content (AvgIpc) is 2.51. The van der Waals surface area contributed by atoms with Crippen LogP contribution < -0.4 is 11.5 Å². The van der Waals surface area contributed by atoms with Crippen LogP contribution in [0.3, 0.4) is 0 Å². The smallest absolute Gasteiger partial charge is 0.213 e. The number of aromatic nitrogens is 2. The van der Waals surface area contributed by atoms with Crippen LogP contribution in [0.4, 0.5) is 4.39 Å². The predicted octanol–water partition coefficient (Wildman–Crippen LogP) is 2.99. The van der Waals surface area contributed by atoms with Crippen LogP contribution in [0.15, 0.2) is 30.5 Å². The maximum Gasteiger partial charge on any atom is 0.213 e. The predicted molar refractivity (Wildman–Crippen MR) is 84.7 cm³/mol. The molecular weight excluding hydrogens is 303 g/mol. The van der Waals surface area contributed by atoms with Gasteiger partial charge in [-0.05, 0) is 43.9 Å². The number of pyridine rings is 2. The van der Waals surface area contributed by atoms with Crippen molar-refractivity contribution in [3.63, 3.8) is 0 Å². The van der Waals surface area contributed by atoms with Crippen molar-refractivity contribution in [3.05, 3.63) is 47.1 Å². The summed E-state index contributed by atoms with van der Waals surface area (Å²) in [7, 11) is 0. The number of halogens is 2. The Kier molecular flexibility index (Phi) is 4.12. The van der Waals surface area contributed by atoms with Crippen molar-refractivity contribution in [2.45, 2.75) is 37.3 Å². The molecule has 3 rings (SSSR count). The molecule has 0 amide bonds. The summed E-state index contributed by atoms with van der Waals surface area (Å²) in [5.74, 6) is -0.543. The lowest BCUT2D eigenvalue weighted by molar-refractivity contribution is 0.271. The molecule has 22 heavy (non-hydrogen) atoms. The Morgan fingerprint density at radius 3 is 2.68 bits per heavy atom. The first-order valence-electron chi connectivity index (χ1n) is 7.31. The van der Waals surface area contributed by atoms with E-state index in [1.807, 2.05) is 6.07 Å². The van der Waals surface area contributed by atoms with Crippen LogP contribution in [-0.4, -0.2) is 16.0 Å². The highest BCUT2D eigenvalue weighted by Crippen LogP contribution is 2.36. The maximum atomic E-state index is 13.3. The molecule has 1 fully saturated rings. The van der Waals surface area contributed by atoms with Crippen LogP contribution in [0.5, 0.6) is 0 Å². The van der Waals surface area contributed by atoms with Crippen LogP contribution >= 0.6 is 11.6 Å². The van der Waals surface area contributed by atoms with Crippen LogP contribution in [0, 0.1) is 5.95 Å².